The Morgan fingerprint density at radius 2 is 1.61 bits per heavy atom. The molecular formula is C15H20O8. The van der Waals surface area contributed by atoms with Gasteiger partial charge in [-0.3, -0.25) is 9.59 Å². The molecule has 0 aromatic heterocycles. The van der Waals surface area contributed by atoms with Crippen LogP contribution in [-0.4, -0.2) is 68.3 Å². The van der Waals surface area contributed by atoms with E-state index in [9.17, 15) is 24.9 Å². The zero-order chi connectivity index (χ0) is 17.4. The second kappa shape index (κ2) is 9.33. The number of hydrogen-bond acceptors (Lipinski definition) is 8. The Labute approximate surface area is 132 Å². The zero-order valence-corrected chi connectivity index (χ0v) is 12.3. The monoisotopic (exact) mass is 328 g/mol. The molecule has 0 saturated carbocycles. The third-order valence-electron chi connectivity index (χ3n) is 3.15. The number of benzene rings is 1. The summed E-state index contributed by atoms with van der Waals surface area (Å²) in [5, 5.41) is 46.3. The van der Waals surface area contributed by atoms with Crippen molar-refractivity contribution in [1.29, 1.82) is 0 Å². The van der Waals surface area contributed by atoms with Crippen LogP contribution in [0.4, 0.5) is 0 Å². The summed E-state index contributed by atoms with van der Waals surface area (Å²) in [7, 11) is 0. The molecule has 5 N–H and O–H groups in total. The van der Waals surface area contributed by atoms with Crippen molar-refractivity contribution in [2.24, 2.45) is 0 Å². The van der Waals surface area contributed by atoms with Crippen molar-refractivity contribution in [3.8, 4) is 0 Å². The maximum atomic E-state index is 11.7. The predicted octanol–water partition coefficient (Wildman–Crippen LogP) is -1.88. The molecule has 0 aliphatic rings. The smallest absolute Gasteiger partial charge is 0.313 e. The standard InChI is InChI=1S/C15H20O8/c16-7-11(18)14(21)15(22)13(20)10(17)6-12(19)23-8-9-4-2-1-3-5-9/h1-5,11,13-16,18,20-22H,6-8H2/t11-,13+,14-,15-/m1/s1. The van der Waals surface area contributed by atoms with E-state index < -0.39 is 49.2 Å². The molecular weight excluding hydrogens is 308 g/mol. The van der Waals surface area contributed by atoms with Crippen LogP contribution in [0.25, 0.3) is 0 Å². The third kappa shape index (κ3) is 6.05. The van der Waals surface area contributed by atoms with E-state index in [1.807, 2.05) is 0 Å². The predicted molar refractivity (Wildman–Crippen MR) is 77.0 cm³/mol. The SMILES string of the molecule is O=C(CC(=O)[C@H](O)[C@@H](O)[C@H](O)[C@H](O)CO)OCc1ccccc1. The van der Waals surface area contributed by atoms with E-state index in [1.54, 1.807) is 30.3 Å². The molecule has 0 aliphatic carbocycles. The third-order valence-corrected chi connectivity index (χ3v) is 3.15. The van der Waals surface area contributed by atoms with Crippen molar-refractivity contribution >= 4 is 11.8 Å². The number of aliphatic hydroxyl groups excluding tert-OH is 5. The maximum Gasteiger partial charge on any atom is 0.313 e. The summed E-state index contributed by atoms with van der Waals surface area (Å²) in [6.07, 6.45) is -8.58. The van der Waals surface area contributed by atoms with Gasteiger partial charge in [-0.15, -0.1) is 0 Å². The average Bonchev–Trinajstić information content (AvgIpc) is 2.58. The van der Waals surface area contributed by atoms with E-state index in [-0.39, 0.29) is 6.61 Å². The van der Waals surface area contributed by atoms with Gasteiger partial charge in [0.2, 0.25) is 0 Å². The number of Topliss-reactive ketones (excluding diaryl/α,β-unsaturated/α-hetero) is 1. The van der Waals surface area contributed by atoms with E-state index >= 15 is 0 Å². The van der Waals surface area contributed by atoms with Gasteiger partial charge in [0.1, 0.15) is 37.4 Å². The molecule has 128 valence electrons. The first-order valence-corrected chi connectivity index (χ1v) is 6.92. The van der Waals surface area contributed by atoms with E-state index in [0.29, 0.717) is 0 Å². The fourth-order valence-electron chi connectivity index (χ4n) is 1.75. The minimum absolute atomic E-state index is 0.0442. The van der Waals surface area contributed by atoms with Crippen LogP contribution >= 0.6 is 0 Å². The van der Waals surface area contributed by atoms with Crippen LogP contribution in [0, 0.1) is 0 Å². The minimum atomic E-state index is -2.09. The van der Waals surface area contributed by atoms with E-state index in [1.165, 1.54) is 0 Å². The zero-order valence-electron chi connectivity index (χ0n) is 12.3. The average molecular weight is 328 g/mol. The van der Waals surface area contributed by atoms with Crippen LogP contribution in [0.3, 0.4) is 0 Å². The van der Waals surface area contributed by atoms with Gasteiger partial charge in [0.25, 0.3) is 0 Å². The highest BCUT2D eigenvalue weighted by molar-refractivity contribution is 5.98. The first kappa shape index (κ1) is 19.2. The Hall–Kier alpha value is -1.84. The van der Waals surface area contributed by atoms with Crippen molar-refractivity contribution in [1.82, 2.24) is 0 Å². The van der Waals surface area contributed by atoms with Gasteiger partial charge in [-0.2, -0.15) is 0 Å². The summed E-state index contributed by atoms with van der Waals surface area (Å²) in [6.45, 7) is -0.907. The highest BCUT2D eigenvalue weighted by Gasteiger charge is 2.34. The van der Waals surface area contributed by atoms with Crippen molar-refractivity contribution in [2.75, 3.05) is 6.61 Å². The van der Waals surface area contributed by atoms with Gasteiger partial charge in [-0.25, -0.2) is 0 Å². The Morgan fingerprint density at radius 1 is 1.00 bits per heavy atom. The summed E-state index contributed by atoms with van der Waals surface area (Å²) < 4.78 is 4.85. The summed E-state index contributed by atoms with van der Waals surface area (Å²) in [6, 6.07) is 8.74. The van der Waals surface area contributed by atoms with Crippen LogP contribution < -0.4 is 0 Å². The molecule has 0 aliphatic heterocycles. The first-order chi connectivity index (χ1) is 10.9. The van der Waals surface area contributed by atoms with Gasteiger partial charge in [0, 0.05) is 0 Å². The maximum absolute atomic E-state index is 11.7. The van der Waals surface area contributed by atoms with Gasteiger partial charge < -0.3 is 30.3 Å². The number of esters is 1. The minimum Gasteiger partial charge on any atom is -0.460 e. The number of rotatable bonds is 9. The lowest BCUT2D eigenvalue weighted by atomic mass is 9.99. The molecule has 0 saturated heterocycles. The number of aliphatic hydroxyl groups is 5. The lowest BCUT2D eigenvalue weighted by Gasteiger charge is -2.24. The molecule has 0 unspecified atom stereocenters. The lowest BCUT2D eigenvalue weighted by Crippen LogP contribution is -2.49. The number of ether oxygens (including phenoxy) is 1. The molecule has 4 atom stereocenters. The molecule has 0 fully saturated rings. The molecule has 23 heavy (non-hydrogen) atoms. The Morgan fingerprint density at radius 3 is 2.17 bits per heavy atom. The molecule has 1 aromatic carbocycles. The quantitative estimate of drug-likeness (QED) is 0.262. The van der Waals surface area contributed by atoms with Crippen molar-refractivity contribution in [3.63, 3.8) is 0 Å². The van der Waals surface area contributed by atoms with Crippen LogP contribution in [-0.2, 0) is 20.9 Å². The van der Waals surface area contributed by atoms with E-state index in [4.69, 9.17) is 14.9 Å². The van der Waals surface area contributed by atoms with Gasteiger partial charge in [-0.05, 0) is 5.56 Å². The van der Waals surface area contributed by atoms with Crippen molar-refractivity contribution < 1.29 is 39.9 Å². The highest BCUT2D eigenvalue weighted by atomic mass is 16.5. The van der Waals surface area contributed by atoms with Gasteiger partial charge >= 0.3 is 5.97 Å². The molecule has 8 nitrogen and oxygen atoms in total. The lowest BCUT2D eigenvalue weighted by molar-refractivity contribution is -0.155. The Balaban J connectivity index is 2.46. The summed E-state index contributed by atoms with van der Waals surface area (Å²) in [5.74, 6) is -1.97. The summed E-state index contributed by atoms with van der Waals surface area (Å²) >= 11 is 0. The summed E-state index contributed by atoms with van der Waals surface area (Å²) in [4.78, 5) is 23.2. The van der Waals surface area contributed by atoms with Gasteiger partial charge in [-0.1, -0.05) is 30.3 Å². The van der Waals surface area contributed by atoms with E-state index in [0.717, 1.165) is 5.56 Å². The largest absolute Gasteiger partial charge is 0.460 e. The normalized spacial score (nSPS) is 16.2. The Kier molecular flexibility index (Phi) is 7.79. The van der Waals surface area contributed by atoms with Gasteiger partial charge in [0.05, 0.1) is 6.61 Å². The molecule has 0 spiro atoms. The number of carbonyl (C=O) groups is 2. The fraction of sp³-hybridized carbons (Fsp3) is 0.467. The van der Waals surface area contributed by atoms with Crippen molar-refractivity contribution in [2.45, 2.75) is 37.4 Å². The molecule has 0 radical (unpaired) electrons. The molecule has 0 bridgehead atoms. The van der Waals surface area contributed by atoms with E-state index in [2.05, 4.69) is 0 Å². The van der Waals surface area contributed by atoms with Crippen LogP contribution in [0.1, 0.15) is 12.0 Å². The second-order valence-corrected chi connectivity index (χ2v) is 4.97. The molecule has 1 rings (SSSR count). The molecule has 8 heteroatoms. The van der Waals surface area contributed by atoms with Gasteiger partial charge in [0.15, 0.2) is 5.78 Å². The van der Waals surface area contributed by atoms with Crippen molar-refractivity contribution in [3.05, 3.63) is 35.9 Å². The first-order valence-electron chi connectivity index (χ1n) is 6.92. The topological polar surface area (TPSA) is 145 Å². The fourth-order valence-corrected chi connectivity index (χ4v) is 1.75. The number of hydrogen-bond donors (Lipinski definition) is 5. The van der Waals surface area contributed by atoms with Crippen LogP contribution in [0.15, 0.2) is 30.3 Å². The molecule has 1 aromatic rings. The molecule has 0 heterocycles. The van der Waals surface area contributed by atoms with Crippen LogP contribution in [0.2, 0.25) is 0 Å². The molecule has 0 amide bonds. The summed E-state index contributed by atoms with van der Waals surface area (Å²) in [5.41, 5.74) is 0.718. The van der Waals surface area contributed by atoms with Crippen LogP contribution in [0.5, 0.6) is 0 Å². The number of ketones is 1. The number of carbonyl (C=O) groups excluding carboxylic acids is 2. The highest BCUT2D eigenvalue weighted by Crippen LogP contribution is 2.09. The Bertz CT molecular complexity index is 503. The second-order valence-electron chi connectivity index (χ2n) is 4.97.